The zero-order chi connectivity index (χ0) is 15.6. The fraction of sp³-hybridized carbons (Fsp3) is 1.00. The van der Waals surface area contributed by atoms with Crippen LogP contribution in [0.1, 0.15) is 90.4 Å². The van der Waals surface area contributed by atoms with Crippen molar-refractivity contribution in [2.45, 2.75) is 90.4 Å². The van der Waals surface area contributed by atoms with E-state index < -0.39 is 0 Å². The highest BCUT2D eigenvalue weighted by atomic mass is 15.0. The zero-order valence-electron chi connectivity index (χ0n) is 15.3. The van der Waals surface area contributed by atoms with Gasteiger partial charge in [0, 0.05) is 0 Å². The van der Waals surface area contributed by atoms with E-state index in [4.69, 9.17) is 0 Å². The second-order valence-electron chi connectivity index (χ2n) is 6.75. The monoisotopic (exact) mass is 298 g/mol. The zero-order valence-corrected chi connectivity index (χ0v) is 15.3. The standard InChI is InChI=1S/C19H42N2/c1-4-20-18-16-14-12-10-8-6-5-7-9-11-13-15-17-19-21(2)3/h20H,4-19H2,1-3H3. The Morgan fingerprint density at radius 1 is 0.571 bits per heavy atom. The lowest BCUT2D eigenvalue weighted by Crippen LogP contribution is -2.13. The van der Waals surface area contributed by atoms with Crippen LogP contribution < -0.4 is 5.32 Å². The van der Waals surface area contributed by atoms with E-state index in [2.05, 4.69) is 31.2 Å². The lowest BCUT2D eigenvalue weighted by atomic mass is 10.0. The molecular formula is C19H42N2. The second kappa shape index (κ2) is 18.0. The molecular weight excluding hydrogens is 256 g/mol. The van der Waals surface area contributed by atoms with E-state index in [1.807, 2.05) is 0 Å². The minimum Gasteiger partial charge on any atom is -0.317 e. The highest BCUT2D eigenvalue weighted by Crippen LogP contribution is 2.12. The van der Waals surface area contributed by atoms with Gasteiger partial charge in [-0.05, 0) is 46.6 Å². The molecule has 2 heteroatoms. The second-order valence-corrected chi connectivity index (χ2v) is 6.75. The van der Waals surface area contributed by atoms with Crippen molar-refractivity contribution in [2.75, 3.05) is 33.7 Å². The Morgan fingerprint density at radius 2 is 0.952 bits per heavy atom. The van der Waals surface area contributed by atoms with Crippen LogP contribution in [0, 0.1) is 0 Å². The van der Waals surface area contributed by atoms with Crippen molar-refractivity contribution in [1.82, 2.24) is 10.2 Å². The van der Waals surface area contributed by atoms with Crippen molar-refractivity contribution in [3.63, 3.8) is 0 Å². The first-order valence-electron chi connectivity index (χ1n) is 9.62. The number of nitrogens with one attached hydrogen (secondary N) is 1. The van der Waals surface area contributed by atoms with Crippen LogP contribution in [0.25, 0.3) is 0 Å². The van der Waals surface area contributed by atoms with Crippen LogP contribution in [0.4, 0.5) is 0 Å². The summed E-state index contributed by atoms with van der Waals surface area (Å²) in [4.78, 5) is 2.29. The van der Waals surface area contributed by atoms with Gasteiger partial charge in [0.25, 0.3) is 0 Å². The number of hydrogen-bond donors (Lipinski definition) is 1. The molecule has 0 saturated heterocycles. The number of rotatable bonds is 17. The molecule has 2 nitrogen and oxygen atoms in total. The van der Waals surface area contributed by atoms with Gasteiger partial charge in [0.15, 0.2) is 0 Å². The molecule has 0 radical (unpaired) electrons. The summed E-state index contributed by atoms with van der Waals surface area (Å²) in [5, 5.41) is 3.39. The number of nitrogens with zero attached hydrogens (tertiary/aromatic N) is 1. The first kappa shape index (κ1) is 20.9. The minimum absolute atomic E-state index is 1.12. The molecule has 0 saturated carbocycles. The Kier molecular flexibility index (Phi) is 17.9. The Morgan fingerprint density at radius 3 is 1.33 bits per heavy atom. The fourth-order valence-electron chi connectivity index (χ4n) is 2.80. The summed E-state index contributed by atoms with van der Waals surface area (Å²) in [5.74, 6) is 0. The summed E-state index contributed by atoms with van der Waals surface area (Å²) in [5.41, 5.74) is 0. The normalized spacial score (nSPS) is 11.4. The molecule has 0 fully saturated rings. The Labute approximate surface area is 135 Å². The van der Waals surface area contributed by atoms with Gasteiger partial charge in [0.05, 0.1) is 0 Å². The predicted molar refractivity (Wildman–Crippen MR) is 97.1 cm³/mol. The maximum absolute atomic E-state index is 3.39. The van der Waals surface area contributed by atoms with Gasteiger partial charge in [0.1, 0.15) is 0 Å². The SMILES string of the molecule is CCNCCCCCCCCCCCCCCCN(C)C. The molecule has 21 heavy (non-hydrogen) atoms. The van der Waals surface area contributed by atoms with Crippen molar-refractivity contribution in [3.8, 4) is 0 Å². The molecule has 0 aliphatic rings. The van der Waals surface area contributed by atoms with Crippen LogP contribution >= 0.6 is 0 Å². The highest BCUT2D eigenvalue weighted by Gasteiger charge is 1.95. The van der Waals surface area contributed by atoms with Crippen LogP contribution in [0.5, 0.6) is 0 Å². The molecule has 0 atom stereocenters. The molecule has 0 aromatic carbocycles. The molecule has 0 aliphatic carbocycles. The predicted octanol–water partition coefficient (Wildman–Crippen LogP) is 5.23. The van der Waals surface area contributed by atoms with Gasteiger partial charge in [-0.15, -0.1) is 0 Å². The van der Waals surface area contributed by atoms with E-state index in [9.17, 15) is 0 Å². The molecule has 0 unspecified atom stereocenters. The third kappa shape index (κ3) is 19.9. The van der Waals surface area contributed by atoms with Gasteiger partial charge < -0.3 is 10.2 Å². The van der Waals surface area contributed by atoms with Crippen molar-refractivity contribution >= 4 is 0 Å². The first-order chi connectivity index (χ1) is 10.3. The number of unbranched alkanes of at least 4 members (excludes halogenated alkanes) is 12. The van der Waals surface area contributed by atoms with E-state index in [1.54, 1.807) is 0 Å². The summed E-state index contributed by atoms with van der Waals surface area (Å²) in [7, 11) is 4.34. The quantitative estimate of drug-likeness (QED) is 0.370. The molecule has 1 N–H and O–H groups in total. The summed E-state index contributed by atoms with van der Waals surface area (Å²) < 4.78 is 0. The van der Waals surface area contributed by atoms with Crippen molar-refractivity contribution in [3.05, 3.63) is 0 Å². The summed E-state index contributed by atoms with van der Waals surface area (Å²) in [6.07, 6.45) is 18.7. The van der Waals surface area contributed by atoms with E-state index in [1.165, 1.54) is 96.6 Å². The van der Waals surface area contributed by atoms with Gasteiger partial charge in [-0.1, -0.05) is 77.6 Å². The van der Waals surface area contributed by atoms with Gasteiger partial charge in [-0.3, -0.25) is 0 Å². The van der Waals surface area contributed by atoms with E-state index in [-0.39, 0.29) is 0 Å². The molecule has 0 rings (SSSR count). The highest BCUT2D eigenvalue weighted by molar-refractivity contribution is 4.51. The third-order valence-corrected chi connectivity index (χ3v) is 4.21. The van der Waals surface area contributed by atoms with Crippen molar-refractivity contribution < 1.29 is 0 Å². The molecule has 128 valence electrons. The van der Waals surface area contributed by atoms with Gasteiger partial charge >= 0.3 is 0 Å². The van der Waals surface area contributed by atoms with E-state index in [0.717, 1.165) is 6.54 Å². The maximum Gasteiger partial charge on any atom is -0.00248 e. The smallest absolute Gasteiger partial charge is 0.00248 e. The molecule has 0 aromatic rings. The number of hydrogen-bond acceptors (Lipinski definition) is 2. The summed E-state index contributed by atoms with van der Waals surface area (Å²) in [6, 6.07) is 0. The third-order valence-electron chi connectivity index (χ3n) is 4.21. The largest absolute Gasteiger partial charge is 0.317 e. The molecule has 0 spiro atoms. The molecule has 0 heterocycles. The lowest BCUT2D eigenvalue weighted by molar-refractivity contribution is 0.389. The topological polar surface area (TPSA) is 15.3 Å². The van der Waals surface area contributed by atoms with Crippen LogP contribution in [-0.4, -0.2) is 38.6 Å². The molecule has 0 amide bonds. The minimum atomic E-state index is 1.12. The average molecular weight is 299 g/mol. The van der Waals surface area contributed by atoms with Gasteiger partial charge in [-0.25, -0.2) is 0 Å². The maximum atomic E-state index is 3.39. The Balaban J connectivity index is 2.93. The van der Waals surface area contributed by atoms with E-state index >= 15 is 0 Å². The van der Waals surface area contributed by atoms with E-state index in [0.29, 0.717) is 0 Å². The molecule has 0 bridgehead atoms. The van der Waals surface area contributed by atoms with Crippen LogP contribution in [0.2, 0.25) is 0 Å². The van der Waals surface area contributed by atoms with Crippen molar-refractivity contribution in [2.24, 2.45) is 0 Å². The molecule has 0 aliphatic heterocycles. The van der Waals surface area contributed by atoms with Crippen LogP contribution in [0.3, 0.4) is 0 Å². The summed E-state index contributed by atoms with van der Waals surface area (Å²) in [6.45, 7) is 5.78. The van der Waals surface area contributed by atoms with Gasteiger partial charge in [-0.2, -0.15) is 0 Å². The van der Waals surface area contributed by atoms with Crippen molar-refractivity contribution in [1.29, 1.82) is 0 Å². The summed E-state index contributed by atoms with van der Waals surface area (Å²) >= 11 is 0. The van der Waals surface area contributed by atoms with Crippen LogP contribution in [0.15, 0.2) is 0 Å². The first-order valence-corrected chi connectivity index (χ1v) is 9.62. The Bertz CT molecular complexity index is 180. The Hall–Kier alpha value is -0.0800. The van der Waals surface area contributed by atoms with Crippen LogP contribution in [-0.2, 0) is 0 Å². The molecule has 0 aromatic heterocycles. The van der Waals surface area contributed by atoms with Gasteiger partial charge in [0.2, 0.25) is 0 Å². The lowest BCUT2D eigenvalue weighted by Gasteiger charge is -2.08. The fourth-order valence-corrected chi connectivity index (χ4v) is 2.80. The average Bonchev–Trinajstić information content (AvgIpc) is 2.46.